The van der Waals surface area contributed by atoms with E-state index in [9.17, 15) is 13.2 Å². The molecule has 0 fully saturated rings. The number of hydrogen-bond acceptors (Lipinski definition) is 3. The summed E-state index contributed by atoms with van der Waals surface area (Å²) >= 11 is 3.31. The Morgan fingerprint density at radius 2 is 1.92 bits per heavy atom. The summed E-state index contributed by atoms with van der Waals surface area (Å²) in [6, 6.07) is 9.84. The van der Waals surface area contributed by atoms with Crippen molar-refractivity contribution in [3.63, 3.8) is 0 Å². The van der Waals surface area contributed by atoms with Crippen molar-refractivity contribution in [1.29, 1.82) is 0 Å². The van der Waals surface area contributed by atoms with E-state index >= 15 is 0 Å². The van der Waals surface area contributed by atoms with E-state index in [0.29, 0.717) is 22.5 Å². The topological polar surface area (TPSA) is 39.9 Å². The highest BCUT2D eigenvalue weighted by Crippen LogP contribution is 2.30. The molecule has 0 radical (unpaired) electrons. The molecule has 2 aromatic heterocycles. The smallest absolute Gasteiger partial charge is 0.433 e. The molecule has 3 aromatic rings. The van der Waals surface area contributed by atoms with E-state index in [1.807, 2.05) is 28.8 Å². The van der Waals surface area contributed by atoms with Crippen LogP contribution in [-0.4, -0.2) is 21.6 Å². The summed E-state index contributed by atoms with van der Waals surface area (Å²) in [6.45, 7) is 0.457. The molecule has 1 aromatic carbocycles. The number of nitrogens with zero attached hydrogens (tertiary/aromatic N) is 3. The maximum atomic E-state index is 12.7. The zero-order chi connectivity index (χ0) is 18.0. The quantitative estimate of drug-likeness (QED) is 0.619. The van der Waals surface area contributed by atoms with E-state index in [4.69, 9.17) is 4.74 Å². The molecule has 2 heterocycles. The molecule has 0 bridgehead atoms. The third-order valence-electron chi connectivity index (χ3n) is 3.59. The van der Waals surface area contributed by atoms with E-state index < -0.39 is 11.9 Å². The Balaban J connectivity index is 1.96. The van der Waals surface area contributed by atoms with Crippen molar-refractivity contribution >= 4 is 15.9 Å². The van der Waals surface area contributed by atoms with Crippen LogP contribution in [0, 0.1) is 0 Å². The van der Waals surface area contributed by atoms with Gasteiger partial charge in [-0.25, -0.2) is 4.98 Å². The molecule has 0 saturated carbocycles. The molecular formula is C17H13BrF3N3O. The Morgan fingerprint density at radius 1 is 1.16 bits per heavy atom. The van der Waals surface area contributed by atoms with E-state index in [-0.39, 0.29) is 0 Å². The van der Waals surface area contributed by atoms with Crippen LogP contribution in [0.5, 0.6) is 5.75 Å². The number of hydrogen-bond donors (Lipinski definition) is 0. The average molecular weight is 412 g/mol. The molecule has 0 unspecified atom stereocenters. The normalized spacial score (nSPS) is 11.6. The Labute approximate surface area is 150 Å². The number of pyridine rings is 1. The van der Waals surface area contributed by atoms with E-state index in [0.717, 1.165) is 17.4 Å². The van der Waals surface area contributed by atoms with Crippen LogP contribution in [-0.2, 0) is 12.7 Å². The molecule has 0 atom stereocenters. The van der Waals surface area contributed by atoms with Crippen molar-refractivity contribution in [3.05, 3.63) is 64.7 Å². The second-order valence-corrected chi connectivity index (χ2v) is 6.07. The van der Waals surface area contributed by atoms with Gasteiger partial charge in [0, 0.05) is 23.5 Å². The number of methoxy groups -OCH3 is 1. The minimum absolute atomic E-state index is 0.457. The highest BCUT2D eigenvalue weighted by atomic mass is 79.9. The van der Waals surface area contributed by atoms with Crippen molar-refractivity contribution in [2.45, 2.75) is 12.7 Å². The number of rotatable bonds is 4. The molecule has 130 valence electrons. The van der Waals surface area contributed by atoms with Crippen molar-refractivity contribution in [2.75, 3.05) is 7.11 Å². The van der Waals surface area contributed by atoms with Crippen LogP contribution in [0.2, 0.25) is 0 Å². The molecule has 0 aliphatic rings. The lowest BCUT2D eigenvalue weighted by Gasteiger charge is -2.12. The third kappa shape index (κ3) is 3.84. The molecule has 0 spiro atoms. The van der Waals surface area contributed by atoms with Gasteiger partial charge < -0.3 is 9.30 Å². The van der Waals surface area contributed by atoms with Gasteiger partial charge in [0.05, 0.1) is 13.7 Å². The van der Waals surface area contributed by atoms with Gasteiger partial charge in [0.15, 0.2) is 0 Å². The van der Waals surface area contributed by atoms with Gasteiger partial charge in [-0.1, -0.05) is 18.2 Å². The van der Waals surface area contributed by atoms with Crippen LogP contribution < -0.4 is 4.74 Å². The fourth-order valence-corrected chi connectivity index (χ4v) is 2.86. The second kappa shape index (κ2) is 6.87. The second-order valence-electron chi connectivity index (χ2n) is 5.26. The Kier molecular flexibility index (Phi) is 4.80. The van der Waals surface area contributed by atoms with Crippen molar-refractivity contribution in [2.24, 2.45) is 0 Å². The lowest BCUT2D eigenvalue weighted by molar-refractivity contribution is -0.141. The monoisotopic (exact) mass is 411 g/mol. The summed E-state index contributed by atoms with van der Waals surface area (Å²) in [5.74, 6) is 1.24. The van der Waals surface area contributed by atoms with Crippen LogP contribution in [0.4, 0.5) is 13.2 Å². The molecule has 25 heavy (non-hydrogen) atoms. The van der Waals surface area contributed by atoms with Crippen molar-refractivity contribution < 1.29 is 17.9 Å². The molecule has 0 N–H and O–H groups in total. The van der Waals surface area contributed by atoms with Gasteiger partial charge in [-0.15, -0.1) is 0 Å². The van der Waals surface area contributed by atoms with Gasteiger partial charge in [-0.2, -0.15) is 13.2 Å². The zero-order valence-corrected chi connectivity index (χ0v) is 14.7. The molecule has 8 heteroatoms. The average Bonchev–Trinajstić information content (AvgIpc) is 2.95. The fourth-order valence-electron chi connectivity index (χ4n) is 2.45. The van der Waals surface area contributed by atoms with Gasteiger partial charge in [0.25, 0.3) is 0 Å². The third-order valence-corrected chi connectivity index (χ3v) is 3.97. The summed E-state index contributed by atoms with van der Waals surface area (Å²) in [6.07, 6.45) is -1.53. The van der Waals surface area contributed by atoms with Gasteiger partial charge in [0.2, 0.25) is 0 Å². The molecule has 0 saturated heterocycles. The van der Waals surface area contributed by atoms with Crippen molar-refractivity contribution in [3.8, 4) is 17.1 Å². The molecular weight excluding hydrogens is 399 g/mol. The highest BCUT2D eigenvalue weighted by molar-refractivity contribution is 9.10. The van der Waals surface area contributed by atoms with Crippen LogP contribution in [0.25, 0.3) is 11.4 Å². The molecule has 0 aliphatic heterocycles. The lowest BCUT2D eigenvalue weighted by atomic mass is 10.2. The van der Waals surface area contributed by atoms with E-state index in [1.54, 1.807) is 13.3 Å². The Morgan fingerprint density at radius 3 is 2.56 bits per heavy atom. The minimum Gasteiger partial charge on any atom is -0.496 e. The fraction of sp³-hybridized carbons (Fsp3) is 0.176. The van der Waals surface area contributed by atoms with Gasteiger partial charge in [-0.3, -0.25) is 4.98 Å². The van der Waals surface area contributed by atoms with Crippen molar-refractivity contribution in [1.82, 2.24) is 14.5 Å². The maximum absolute atomic E-state index is 12.7. The number of imidazole rings is 1. The number of para-hydroxylation sites is 1. The first-order valence-corrected chi connectivity index (χ1v) is 8.06. The summed E-state index contributed by atoms with van der Waals surface area (Å²) in [5.41, 5.74) is 0.489. The zero-order valence-electron chi connectivity index (χ0n) is 13.1. The van der Waals surface area contributed by atoms with E-state index in [1.165, 1.54) is 12.3 Å². The molecule has 3 rings (SSSR count). The predicted octanol–water partition coefficient (Wildman–Crippen LogP) is 4.78. The van der Waals surface area contributed by atoms with Crippen LogP contribution in [0.1, 0.15) is 11.3 Å². The first kappa shape index (κ1) is 17.5. The van der Waals surface area contributed by atoms with Gasteiger partial charge >= 0.3 is 6.18 Å². The first-order valence-electron chi connectivity index (χ1n) is 7.26. The lowest BCUT2D eigenvalue weighted by Crippen LogP contribution is -2.08. The largest absolute Gasteiger partial charge is 0.496 e. The van der Waals surface area contributed by atoms with Gasteiger partial charge in [0.1, 0.15) is 21.9 Å². The van der Waals surface area contributed by atoms with Crippen LogP contribution >= 0.6 is 15.9 Å². The molecule has 4 nitrogen and oxygen atoms in total. The summed E-state index contributed by atoms with van der Waals surface area (Å²) in [5, 5.41) is 0. The molecule has 0 aliphatic carbocycles. The SMILES string of the molecule is COc1ccccc1Cn1cc(Br)nc1-c1ccc(C(F)(F)F)nc1. The highest BCUT2D eigenvalue weighted by Gasteiger charge is 2.32. The Bertz CT molecular complexity index is 876. The summed E-state index contributed by atoms with van der Waals surface area (Å²) < 4.78 is 45.8. The standard InChI is InChI=1S/C17H13BrF3N3O/c1-25-13-5-3-2-4-12(13)9-24-10-15(18)23-16(24)11-6-7-14(22-8-11)17(19,20)21/h2-8,10H,9H2,1H3. The van der Waals surface area contributed by atoms with Crippen LogP contribution in [0.15, 0.2) is 53.4 Å². The number of alkyl halides is 3. The summed E-state index contributed by atoms with van der Waals surface area (Å²) in [4.78, 5) is 7.84. The predicted molar refractivity (Wildman–Crippen MR) is 90.3 cm³/mol. The Hall–Kier alpha value is -2.35. The maximum Gasteiger partial charge on any atom is 0.433 e. The van der Waals surface area contributed by atoms with Gasteiger partial charge in [-0.05, 0) is 34.1 Å². The number of benzene rings is 1. The van der Waals surface area contributed by atoms with Crippen LogP contribution in [0.3, 0.4) is 0 Å². The minimum atomic E-state index is -4.47. The first-order chi connectivity index (χ1) is 11.9. The molecule has 0 amide bonds. The number of aromatic nitrogens is 3. The summed E-state index contributed by atoms with van der Waals surface area (Å²) in [7, 11) is 1.59. The number of ether oxygens (including phenoxy) is 1. The number of halogens is 4. The van der Waals surface area contributed by atoms with E-state index in [2.05, 4.69) is 25.9 Å².